The number of carbonyl (C=O) groups excluding carboxylic acids is 3. The van der Waals surface area contributed by atoms with E-state index in [1.807, 2.05) is 0 Å². The minimum absolute atomic E-state index is 0.0109. The fourth-order valence-corrected chi connectivity index (χ4v) is 2.49. The topological polar surface area (TPSA) is 114 Å². The Balaban J connectivity index is 2.33. The Labute approximate surface area is 177 Å². The number of likely N-dealkylation sites (N-methyl/N-ethyl adjacent to an activating group) is 1. The minimum Gasteiger partial charge on any atom is -0.424 e. The van der Waals surface area contributed by atoms with Crippen LogP contribution in [0.25, 0.3) is 0 Å². The van der Waals surface area contributed by atoms with Gasteiger partial charge in [-0.05, 0) is 26.0 Å². The Bertz CT molecular complexity index is 967. The third-order valence-electron chi connectivity index (χ3n) is 4.03. The number of anilines is 1. The Hall–Kier alpha value is -3.34. The summed E-state index contributed by atoms with van der Waals surface area (Å²) < 4.78 is 33.1. The summed E-state index contributed by atoms with van der Waals surface area (Å²) in [5.41, 5.74) is -0.0597. The summed E-state index contributed by atoms with van der Waals surface area (Å²) >= 11 is 0. The first-order valence-corrected chi connectivity index (χ1v) is 9.31. The SMILES string of the molecule is CC(O)C(=O)Oc1ccccc1C(=O)Nc1nc(CC(C)(F)F)cn1CC(=O)N(C)C. The second kappa shape index (κ2) is 9.65. The molecule has 0 aliphatic heterocycles. The summed E-state index contributed by atoms with van der Waals surface area (Å²) in [5.74, 6) is -5.29. The summed E-state index contributed by atoms with van der Waals surface area (Å²) in [5, 5.41) is 11.8. The van der Waals surface area contributed by atoms with E-state index < -0.39 is 30.3 Å². The Morgan fingerprint density at radius 1 is 1.29 bits per heavy atom. The highest BCUT2D eigenvalue weighted by Crippen LogP contribution is 2.23. The molecule has 2 N–H and O–H groups in total. The molecule has 11 heteroatoms. The Morgan fingerprint density at radius 3 is 2.52 bits per heavy atom. The van der Waals surface area contributed by atoms with E-state index in [0.717, 1.165) is 6.92 Å². The van der Waals surface area contributed by atoms with Gasteiger partial charge in [-0.1, -0.05) is 12.1 Å². The summed E-state index contributed by atoms with van der Waals surface area (Å²) in [6.07, 6.45) is -0.805. The van der Waals surface area contributed by atoms with Crippen molar-refractivity contribution in [1.82, 2.24) is 14.5 Å². The lowest BCUT2D eigenvalue weighted by Gasteiger charge is -2.14. The monoisotopic (exact) mass is 438 g/mol. The van der Waals surface area contributed by atoms with Crippen molar-refractivity contribution >= 4 is 23.7 Å². The van der Waals surface area contributed by atoms with Crippen LogP contribution in [0.2, 0.25) is 0 Å². The number of carbonyl (C=O) groups is 3. The standard InChI is InChI=1S/C20H24F2N4O5/c1-12(27)18(30)31-15-8-6-5-7-14(15)17(29)24-19-23-13(9-20(2,21)22)10-26(19)11-16(28)25(3)4/h5-8,10,12,27H,9,11H2,1-4H3,(H,23,24,29). The molecule has 0 radical (unpaired) electrons. The van der Waals surface area contributed by atoms with Crippen molar-refractivity contribution < 1.29 is 33.0 Å². The number of nitrogens with zero attached hydrogens (tertiary/aromatic N) is 3. The number of aliphatic hydroxyl groups excluding tert-OH is 1. The van der Waals surface area contributed by atoms with Crippen molar-refractivity contribution in [1.29, 1.82) is 0 Å². The molecule has 168 valence electrons. The highest BCUT2D eigenvalue weighted by Gasteiger charge is 2.26. The number of hydrogen-bond acceptors (Lipinski definition) is 6. The molecule has 1 unspecified atom stereocenters. The zero-order valence-electron chi connectivity index (χ0n) is 17.6. The molecule has 1 heterocycles. The van der Waals surface area contributed by atoms with Gasteiger partial charge in [-0.2, -0.15) is 0 Å². The van der Waals surface area contributed by atoms with E-state index in [2.05, 4.69) is 10.3 Å². The van der Waals surface area contributed by atoms with Gasteiger partial charge in [-0.25, -0.2) is 18.6 Å². The summed E-state index contributed by atoms with van der Waals surface area (Å²) in [6, 6.07) is 5.79. The number of aliphatic hydroxyl groups is 1. The van der Waals surface area contributed by atoms with Gasteiger partial charge in [0.1, 0.15) is 18.4 Å². The van der Waals surface area contributed by atoms with Crippen LogP contribution < -0.4 is 10.1 Å². The number of ether oxygens (including phenoxy) is 1. The van der Waals surface area contributed by atoms with Gasteiger partial charge in [-0.15, -0.1) is 0 Å². The van der Waals surface area contributed by atoms with Gasteiger partial charge < -0.3 is 19.3 Å². The second-order valence-electron chi connectivity index (χ2n) is 7.27. The Morgan fingerprint density at radius 2 is 1.94 bits per heavy atom. The molecule has 2 amide bonds. The number of aromatic nitrogens is 2. The van der Waals surface area contributed by atoms with Gasteiger partial charge in [0.05, 0.1) is 17.7 Å². The number of para-hydroxylation sites is 1. The summed E-state index contributed by atoms with van der Waals surface area (Å²) in [7, 11) is 3.07. The average Bonchev–Trinajstić information content (AvgIpc) is 3.00. The number of rotatable bonds is 8. The fraction of sp³-hybridized carbons (Fsp3) is 0.400. The van der Waals surface area contributed by atoms with Gasteiger partial charge in [0.15, 0.2) is 0 Å². The molecule has 0 aliphatic rings. The van der Waals surface area contributed by atoms with Crippen LogP contribution in [0.1, 0.15) is 29.9 Å². The Kier molecular flexibility index (Phi) is 7.45. The van der Waals surface area contributed by atoms with E-state index >= 15 is 0 Å². The molecule has 1 atom stereocenters. The zero-order chi connectivity index (χ0) is 23.3. The van der Waals surface area contributed by atoms with E-state index in [1.165, 1.54) is 60.9 Å². The maximum absolute atomic E-state index is 13.4. The maximum atomic E-state index is 13.4. The van der Waals surface area contributed by atoms with Crippen LogP contribution in [0, 0.1) is 0 Å². The molecule has 0 saturated heterocycles. The first-order chi connectivity index (χ1) is 14.4. The normalized spacial score (nSPS) is 12.2. The average molecular weight is 438 g/mol. The van der Waals surface area contributed by atoms with Crippen molar-refractivity contribution in [2.45, 2.75) is 38.8 Å². The third-order valence-corrected chi connectivity index (χ3v) is 4.03. The van der Waals surface area contributed by atoms with Crippen molar-refractivity contribution in [2.24, 2.45) is 0 Å². The fourth-order valence-electron chi connectivity index (χ4n) is 2.49. The van der Waals surface area contributed by atoms with Crippen LogP contribution in [-0.4, -0.2) is 63.5 Å². The highest BCUT2D eigenvalue weighted by atomic mass is 19.3. The molecule has 2 aromatic rings. The molecular formula is C20H24F2N4O5. The highest BCUT2D eigenvalue weighted by molar-refractivity contribution is 6.06. The van der Waals surface area contributed by atoms with Crippen LogP contribution in [0.5, 0.6) is 5.75 Å². The van der Waals surface area contributed by atoms with Gasteiger partial charge in [0, 0.05) is 20.3 Å². The number of halogens is 2. The summed E-state index contributed by atoms with van der Waals surface area (Å²) in [6.45, 7) is 1.72. The lowest BCUT2D eigenvalue weighted by molar-refractivity contribution is -0.142. The third kappa shape index (κ3) is 6.85. The van der Waals surface area contributed by atoms with Crippen LogP contribution in [0.15, 0.2) is 30.5 Å². The molecule has 0 bridgehead atoms. The lowest BCUT2D eigenvalue weighted by Crippen LogP contribution is -2.27. The van der Waals surface area contributed by atoms with Gasteiger partial charge in [-0.3, -0.25) is 14.9 Å². The second-order valence-corrected chi connectivity index (χ2v) is 7.27. The molecular weight excluding hydrogens is 414 g/mol. The summed E-state index contributed by atoms with van der Waals surface area (Å²) in [4.78, 5) is 41.9. The minimum atomic E-state index is -3.03. The maximum Gasteiger partial charge on any atom is 0.340 e. The number of hydrogen-bond donors (Lipinski definition) is 2. The zero-order valence-corrected chi connectivity index (χ0v) is 17.6. The molecule has 0 aliphatic carbocycles. The quantitative estimate of drug-likeness (QED) is 0.479. The van der Waals surface area contributed by atoms with Crippen molar-refractivity contribution in [2.75, 3.05) is 19.4 Å². The number of esters is 1. The molecule has 9 nitrogen and oxygen atoms in total. The molecule has 1 aromatic carbocycles. The number of nitrogens with one attached hydrogen (secondary N) is 1. The molecule has 0 saturated carbocycles. The lowest BCUT2D eigenvalue weighted by atomic mass is 10.2. The molecule has 0 spiro atoms. The van der Waals surface area contributed by atoms with Crippen molar-refractivity contribution in [3.05, 3.63) is 41.7 Å². The predicted octanol–water partition coefficient (Wildman–Crippen LogP) is 1.71. The largest absolute Gasteiger partial charge is 0.424 e. The number of imidazole rings is 1. The van der Waals surface area contributed by atoms with Gasteiger partial charge >= 0.3 is 5.97 Å². The first kappa shape index (κ1) is 23.9. The van der Waals surface area contributed by atoms with Crippen molar-refractivity contribution in [3.8, 4) is 5.75 Å². The van der Waals surface area contributed by atoms with E-state index in [-0.39, 0.29) is 35.4 Å². The van der Waals surface area contributed by atoms with Gasteiger partial charge in [0.2, 0.25) is 11.9 Å². The molecule has 0 fully saturated rings. The molecule has 31 heavy (non-hydrogen) atoms. The first-order valence-electron chi connectivity index (χ1n) is 9.31. The van der Waals surface area contributed by atoms with Gasteiger partial charge in [0.25, 0.3) is 11.8 Å². The predicted molar refractivity (Wildman–Crippen MR) is 107 cm³/mol. The van der Waals surface area contributed by atoms with Crippen LogP contribution >= 0.6 is 0 Å². The van der Waals surface area contributed by atoms with E-state index in [1.54, 1.807) is 0 Å². The van der Waals surface area contributed by atoms with E-state index in [4.69, 9.17) is 4.74 Å². The van der Waals surface area contributed by atoms with Crippen LogP contribution in [-0.2, 0) is 22.6 Å². The van der Waals surface area contributed by atoms with Crippen LogP contribution in [0.3, 0.4) is 0 Å². The van der Waals surface area contributed by atoms with E-state index in [9.17, 15) is 28.3 Å². The molecule has 1 aromatic heterocycles. The number of amides is 2. The number of alkyl halides is 2. The van der Waals surface area contributed by atoms with E-state index in [0.29, 0.717) is 0 Å². The molecule has 2 rings (SSSR count). The van der Waals surface area contributed by atoms with Crippen LogP contribution in [0.4, 0.5) is 14.7 Å². The number of benzene rings is 1. The smallest absolute Gasteiger partial charge is 0.340 e. The van der Waals surface area contributed by atoms with Crippen molar-refractivity contribution in [3.63, 3.8) is 0 Å².